The molecule has 0 saturated carbocycles. The number of ketones is 1. The molecule has 1 saturated heterocycles. The van der Waals surface area contributed by atoms with Gasteiger partial charge in [0.2, 0.25) is 0 Å². The summed E-state index contributed by atoms with van der Waals surface area (Å²) in [7, 11) is 0. The van der Waals surface area contributed by atoms with E-state index in [-0.39, 0.29) is 12.4 Å². The van der Waals surface area contributed by atoms with Gasteiger partial charge in [0.25, 0.3) is 0 Å². The van der Waals surface area contributed by atoms with Crippen LogP contribution in [0.25, 0.3) is 0 Å². The Hall–Kier alpha value is -1.16. The molecule has 26 heavy (non-hydrogen) atoms. The Morgan fingerprint density at radius 3 is 2.00 bits per heavy atom. The van der Waals surface area contributed by atoms with Crippen molar-refractivity contribution in [2.75, 3.05) is 6.61 Å². The molecule has 1 heterocycles. The van der Waals surface area contributed by atoms with Gasteiger partial charge in [-0.15, -0.1) is 0 Å². The number of ether oxygens (including phenoxy) is 2. The molecule has 1 aliphatic heterocycles. The minimum Gasteiger partial charge on any atom is -0.455 e. The number of carbonyl (C=O) groups excluding carboxylic acids is 2. The molecule has 0 radical (unpaired) electrons. The summed E-state index contributed by atoms with van der Waals surface area (Å²) >= 11 is 0. The molecule has 0 aromatic rings. The molecule has 0 aromatic carbocycles. The van der Waals surface area contributed by atoms with Crippen molar-refractivity contribution in [3.05, 3.63) is 12.7 Å². The lowest BCUT2D eigenvalue weighted by Gasteiger charge is -2.02. The van der Waals surface area contributed by atoms with Crippen LogP contribution in [-0.2, 0) is 19.1 Å². The second-order valence-corrected chi connectivity index (χ2v) is 7.43. The molecule has 0 aromatic heterocycles. The van der Waals surface area contributed by atoms with Gasteiger partial charge in [0, 0.05) is 12.5 Å². The van der Waals surface area contributed by atoms with Gasteiger partial charge in [-0.05, 0) is 19.3 Å². The second-order valence-electron chi connectivity index (χ2n) is 7.43. The fourth-order valence-electron chi connectivity index (χ4n) is 3.29. The zero-order valence-electron chi connectivity index (χ0n) is 16.7. The normalized spacial score (nSPS) is 18.5. The van der Waals surface area contributed by atoms with Crippen LogP contribution in [0, 0.1) is 0 Å². The van der Waals surface area contributed by atoms with E-state index in [1.54, 1.807) is 0 Å². The second kappa shape index (κ2) is 15.0. The molecule has 1 aliphatic rings. The van der Waals surface area contributed by atoms with Crippen molar-refractivity contribution in [1.29, 1.82) is 0 Å². The van der Waals surface area contributed by atoms with Gasteiger partial charge in [0.1, 0.15) is 6.61 Å². The monoisotopic (exact) mass is 366 g/mol. The van der Waals surface area contributed by atoms with E-state index in [1.165, 1.54) is 64.2 Å². The Bertz CT molecular complexity index is 405. The number of rotatable bonds is 18. The molecule has 1 fully saturated rings. The maximum absolute atomic E-state index is 11.5. The maximum atomic E-state index is 11.5. The molecule has 0 amide bonds. The van der Waals surface area contributed by atoms with Crippen LogP contribution in [0.2, 0.25) is 0 Å². The average Bonchev–Trinajstić information content (AvgIpc) is 3.39. The number of unbranched alkanes of at least 4 members (excludes halogenated alkanes) is 9. The highest BCUT2D eigenvalue weighted by atomic mass is 16.6. The van der Waals surface area contributed by atoms with Gasteiger partial charge < -0.3 is 9.47 Å². The fraction of sp³-hybridized carbons (Fsp3) is 0.818. The molecule has 0 aliphatic carbocycles. The maximum Gasteiger partial charge on any atom is 0.330 e. The van der Waals surface area contributed by atoms with Crippen molar-refractivity contribution in [3.63, 3.8) is 0 Å². The summed E-state index contributed by atoms with van der Waals surface area (Å²) in [5.41, 5.74) is 0. The predicted molar refractivity (Wildman–Crippen MR) is 105 cm³/mol. The van der Waals surface area contributed by atoms with Gasteiger partial charge in [-0.25, -0.2) is 4.79 Å². The quantitative estimate of drug-likeness (QED) is 0.138. The van der Waals surface area contributed by atoms with Crippen LogP contribution in [-0.4, -0.2) is 30.6 Å². The number of Topliss-reactive ketones (excluding diaryl/α,β-unsaturated/α-hetero) is 1. The van der Waals surface area contributed by atoms with Crippen molar-refractivity contribution in [2.45, 2.75) is 109 Å². The first-order valence-electron chi connectivity index (χ1n) is 10.6. The Kier molecular flexibility index (Phi) is 13.2. The van der Waals surface area contributed by atoms with Crippen LogP contribution in [0.4, 0.5) is 0 Å². The van der Waals surface area contributed by atoms with Crippen molar-refractivity contribution in [3.8, 4) is 0 Å². The molecule has 4 heteroatoms. The highest BCUT2D eigenvalue weighted by molar-refractivity contribution is 5.86. The van der Waals surface area contributed by atoms with Gasteiger partial charge in [0.05, 0.1) is 12.2 Å². The van der Waals surface area contributed by atoms with Crippen LogP contribution < -0.4 is 0 Å². The van der Waals surface area contributed by atoms with E-state index >= 15 is 0 Å². The van der Waals surface area contributed by atoms with E-state index in [0.29, 0.717) is 18.6 Å². The number of hydrogen-bond donors (Lipinski definition) is 0. The fourth-order valence-corrected chi connectivity index (χ4v) is 3.29. The first-order chi connectivity index (χ1) is 12.7. The highest BCUT2D eigenvalue weighted by Crippen LogP contribution is 2.31. The SMILES string of the molecule is C=CC(=O)OCC(=O)CCCCCCCC1OC1CCCCCCCC. The molecule has 2 unspecified atom stereocenters. The summed E-state index contributed by atoms with van der Waals surface area (Å²) < 4.78 is 10.5. The number of esters is 1. The van der Waals surface area contributed by atoms with E-state index in [4.69, 9.17) is 9.47 Å². The number of epoxide rings is 1. The smallest absolute Gasteiger partial charge is 0.330 e. The summed E-state index contributed by atoms with van der Waals surface area (Å²) in [5, 5.41) is 0. The van der Waals surface area contributed by atoms with Crippen LogP contribution in [0.5, 0.6) is 0 Å². The summed E-state index contributed by atoms with van der Waals surface area (Å²) in [5.74, 6) is -0.542. The van der Waals surface area contributed by atoms with Gasteiger partial charge in [0.15, 0.2) is 5.78 Å². The van der Waals surface area contributed by atoms with Crippen LogP contribution in [0.3, 0.4) is 0 Å². The third-order valence-electron chi connectivity index (χ3n) is 5.02. The summed E-state index contributed by atoms with van der Waals surface area (Å²) in [6, 6.07) is 0. The molecular formula is C22H38O4. The van der Waals surface area contributed by atoms with Crippen molar-refractivity contribution in [1.82, 2.24) is 0 Å². The van der Waals surface area contributed by atoms with E-state index in [0.717, 1.165) is 25.3 Å². The Labute approximate surface area is 159 Å². The largest absolute Gasteiger partial charge is 0.455 e. The molecule has 150 valence electrons. The van der Waals surface area contributed by atoms with Gasteiger partial charge in [-0.3, -0.25) is 4.79 Å². The topological polar surface area (TPSA) is 55.9 Å². The third-order valence-corrected chi connectivity index (χ3v) is 5.02. The van der Waals surface area contributed by atoms with E-state index in [1.807, 2.05) is 0 Å². The molecule has 0 N–H and O–H groups in total. The van der Waals surface area contributed by atoms with Crippen LogP contribution >= 0.6 is 0 Å². The van der Waals surface area contributed by atoms with Gasteiger partial charge in [-0.1, -0.05) is 77.7 Å². The highest BCUT2D eigenvalue weighted by Gasteiger charge is 2.36. The lowest BCUT2D eigenvalue weighted by Crippen LogP contribution is -2.11. The molecule has 0 bridgehead atoms. The summed E-state index contributed by atoms with van der Waals surface area (Å²) in [6.07, 6.45) is 18.7. The molecule has 1 rings (SSSR count). The third kappa shape index (κ3) is 12.2. The van der Waals surface area contributed by atoms with Gasteiger partial charge in [-0.2, -0.15) is 0 Å². The Morgan fingerprint density at radius 1 is 0.885 bits per heavy atom. The lowest BCUT2D eigenvalue weighted by molar-refractivity contribution is -0.143. The van der Waals surface area contributed by atoms with Crippen molar-refractivity contribution < 1.29 is 19.1 Å². The van der Waals surface area contributed by atoms with Crippen molar-refractivity contribution in [2.24, 2.45) is 0 Å². The first-order valence-corrected chi connectivity index (χ1v) is 10.6. The standard InChI is InChI=1S/C22H38O4/c1-3-5-6-7-10-13-16-20-21(26-20)17-14-11-8-9-12-15-19(23)18-25-22(24)4-2/h4,20-21H,2-3,5-18H2,1H3. The Morgan fingerprint density at radius 2 is 1.42 bits per heavy atom. The zero-order chi connectivity index (χ0) is 19.0. The first kappa shape index (κ1) is 22.9. The van der Waals surface area contributed by atoms with Crippen molar-refractivity contribution >= 4 is 11.8 Å². The molecular weight excluding hydrogens is 328 g/mol. The summed E-state index contributed by atoms with van der Waals surface area (Å²) in [6.45, 7) is 5.43. The van der Waals surface area contributed by atoms with E-state index in [2.05, 4.69) is 13.5 Å². The number of hydrogen-bond acceptors (Lipinski definition) is 4. The minimum atomic E-state index is -0.532. The van der Waals surface area contributed by atoms with E-state index in [9.17, 15) is 9.59 Å². The number of carbonyl (C=O) groups is 2. The van der Waals surface area contributed by atoms with Gasteiger partial charge >= 0.3 is 5.97 Å². The average molecular weight is 367 g/mol. The summed E-state index contributed by atoms with van der Waals surface area (Å²) in [4.78, 5) is 22.4. The molecule has 4 nitrogen and oxygen atoms in total. The zero-order valence-corrected chi connectivity index (χ0v) is 16.7. The molecule has 2 atom stereocenters. The minimum absolute atomic E-state index is 0.0101. The lowest BCUT2D eigenvalue weighted by atomic mass is 10.0. The Balaban J connectivity index is 1.81. The van der Waals surface area contributed by atoms with E-state index < -0.39 is 5.97 Å². The molecule has 0 spiro atoms. The van der Waals surface area contributed by atoms with Crippen LogP contribution in [0.1, 0.15) is 96.8 Å². The predicted octanol–water partition coefficient (Wildman–Crippen LogP) is 5.53. The van der Waals surface area contributed by atoms with Crippen LogP contribution in [0.15, 0.2) is 12.7 Å².